The van der Waals surface area contributed by atoms with Crippen LogP contribution in [0.3, 0.4) is 0 Å². The SMILES string of the molecule is O=C(O)CCCOc1ccc(CNC(=O)CCc2cc(F)ccc2F)cc1. The van der Waals surface area contributed by atoms with Crippen molar-refractivity contribution >= 4 is 11.9 Å². The minimum atomic E-state index is -0.857. The van der Waals surface area contributed by atoms with E-state index in [4.69, 9.17) is 9.84 Å². The molecule has 2 rings (SSSR count). The molecular weight excluding hydrogens is 356 g/mol. The second-order valence-electron chi connectivity index (χ2n) is 6.00. The van der Waals surface area contributed by atoms with Gasteiger partial charge in [0, 0.05) is 19.4 Å². The summed E-state index contributed by atoms with van der Waals surface area (Å²) in [5.41, 5.74) is 1.03. The molecular formula is C20H21F2NO4. The van der Waals surface area contributed by atoms with E-state index >= 15 is 0 Å². The molecule has 7 heteroatoms. The molecule has 0 aliphatic heterocycles. The Labute approximate surface area is 156 Å². The van der Waals surface area contributed by atoms with Crippen LogP contribution < -0.4 is 10.1 Å². The second kappa shape index (κ2) is 10.3. The van der Waals surface area contributed by atoms with Crippen molar-refractivity contribution in [2.75, 3.05) is 6.61 Å². The highest BCUT2D eigenvalue weighted by atomic mass is 19.1. The summed E-state index contributed by atoms with van der Waals surface area (Å²) in [6.07, 6.45) is 0.673. The van der Waals surface area contributed by atoms with Crippen LogP contribution in [0.25, 0.3) is 0 Å². The van der Waals surface area contributed by atoms with E-state index in [0.717, 1.165) is 23.8 Å². The molecule has 2 N–H and O–H groups in total. The van der Waals surface area contributed by atoms with Crippen molar-refractivity contribution in [3.05, 3.63) is 65.2 Å². The lowest BCUT2D eigenvalue weighted by molar-refractivity contribution is -0.137. The maximum atomic E-state index is 13.5. The summed E-state index contributed by atoms with van der Waals surface area (Å²) in [5.74, 6) is -1.55. The van der Waals surface area contributed by atoms with Crippen LogP contribution >= 0.6 is 0 Å². The lowest BCUT2D eigenvalue weighted by atomic mass is 10.1. The Balaban J connectivity index is 1.71. The Morgan fingerprint density at radius 1 is 1.04 bits per heavy atom. The van der Waals surface area contributed by atoms with Gasteiger partial charge in [0.25, 0.3) is 0 Å². The molecule has 5 nitrogen and oxygen atoms in total. The summed E-state index contributed by atoms with van der Waals surface area (Å²) < 4.78 is 32.1. The van der Waals surface area contributed by atoms with Crippen LogP contribution in [0, 0.1) is 11.6 Å². The summed E-state index contributed by atoms with van der Waals surface area (Å²) in [7, 11) is 0. The van der Waals surface area contributed by atoms with Gasteiger partial charge in [0.1, 0.15) is 17.4 Å². The normalized spacial score (nSPS) is 10.4. The third kappa shape index (κ3) is 7.43. The van der Waals surface area contributed by atoms with Crippen LogP contribution in [-0.2, 0) is 22.6 Å². The summed E-state index contributed by atoms with van der Waals surface area (Å²) in [6.45, 7) is 0.628. The highest BCUT2D eigenvalue weighted by Gasteiger charge is 2.08. The number of ether oxygens (including phenoxy) is 1. The fourth-order valence-corrected chi connectivity index (χ4v) is 2.39. The Bertz CT molecular complexity index is 778. The molecule has 0 bridgehead atoms. The molecule has 2 aromatic rings. The van der Waals surface area contributed by atoms with E-state index in [1.807, 2.05) is 0 Å². The standard InChI is InChI=1S/C20H21F2NO4/c21-16-6-9-18(22)15(12-16)5-10-19(24)23-13-14-3-7-17(8-4-14)27-11-1-2-20(25)26/h3-4,6-9,12H,1-2,5,10-11,13H2,(H,23,24)(H,25,26). The van der Waals surface area contributed by atoms with E-state index in [-0.39, 0.29) is 30.7 Å². The van der Waals surface area contributed by atoms with Crippen molar-refractivity contribution in [2.24, 2.45) is 0 Å². The molecule has 0 fully saturated rings. The number of carbonyl (C=O) groups excluding carboxylic acids is 1. The van der Waals surface area contributed by atoms with Gasteiger partial charge in [-0.05, 0) is 54.3 Å². The average Bonchev–Trinajstić information content (AvgIpc) is 2.65. The maximum Gasteiger partial charge on any atom is 0.303 e. The first-order valence-electron chi connectivity index (χ1n) is 8.58. The van der Waals surface area contributed by atoms with Gasteiger partial charge in [-0.25, -0.2) is 8.78 Å². The number of aliphatic carboxylic acids is 1. The minimum absolute atomic E-state index is 0.0592. The fourth-order valence-electron chi connectivity index (χ4n) is 2.39. The van der Waals surface area contributed by atoms with Gasteiger partial charge >= 0.3 is 5.97 Å². The van der Waals surface area contributed by atoms with Gasteiger partial charge in [-0.2, -0.15) is 0 Å². The molecule has 0 radical (unpaired) electrons. The highest BCUT2D eigenvalue weighted by molar-refractivity contribution is 5.76. The van der Waals surface area contributed by atoms with Gasteiger partial charge in [0.15, 0.2) is 0 Å². The Morgan fingerprint density at radius 2 is 1.78 bits per heavy atom. The van der Waals surface area contributed by atoms with Crippen LogP contribution in [0.5, 0.6) is 5.75 Å². The number of carboxylic acids is 1. The zero-order valence-corrected chi connectivity index (χ0v) is 14.7. The fraction of sp³-hybridized carbons (Fsp3) is 0.300. The third-order valence-corrected chi connectivity index (χ3v) is 3.85. The number of carboxylic acid groups (broad SMARTS) is 1. The maximum absolute atomic E-state index is 13.5. The van der Waals surface area contributed by atoms with Gasteiger partial charge in [0.05, 0.1) is 6.61 Å². The van der Waals surface area contributed by atoms with E-state index in [9.17, 15) is 18.4 Å². The zero-order chi connectivity index (χ0) is 19.6. The van der Waals surface area contributed by atoms with Crippen molar-refractivity contribution in [3.8, 4) is 5.75 Å². The quantitative estimate of drug-likeness (QED) is 0.622. The van der Waals surface area contributed by atoms with Crippen LogP contribution in [0.4, 0.5) is 8.78 Å². The van der Waals surface area contributed by atoms with E-state index in [2.05, 4.69) is 5.32 Å². The average molecular weight is 377 g/mol. The van der Waals surface area contributed by atoms with Crippen LogP contribution in [-0.4, -0.2) is 23.6 Å². The number of hydrogen-bond donors (Lipinski definition) is 2. The van der Waals surface area contributed by atoms with Gasteiger partial charge in [0.2, 0.25) is 5.91 Å². The minimum Gasteiger partial charge on any atom is -0.494 e. The number of rotatable bonds is 10. The first-order valence-corrected chi connectivity index (χ1v) is 8.58. The molecule has 0 aromatic heterocycles. The van der Waals surface area contributed by atoms with Gasteiger partial charge < -0.3 is 15.2 Å². The van der Waals surface area contributed by atoms with Gasteiger partial charge in [-0.3, -0.25) is 9.59 Å². The number of amides is 1. The molecule has 0 saturated heterocycles. The van der Waals surface area contributed by atoms with Gasteiger partial charge in [-0.15, -0.1) is 0 Å². The van der Waals surface area contributed by atoms with Crippen LogP contribution in [0.2, 0.25) is 0 Å². The summed E-state index contributed by atoms with van der Waals surface area (Å²) >= 11 is 0. The van der Waals surface area contributed by atoms with Gasteiger partial charge in [-0.1, -0.05) is 12.1 Å². The molecule has 0 atom stereocenters. The smallest absolute Gasteiger partial charge is 0.303 e. The number of benzene rings is 2. The topological polar surface area (TPSA) is 75.6 Å². The molecule has 0 spiro atoms. The predicted octanol–water partition coefficient (Wildman–Crippen LogP) is 3.46. The van der Waals surface area contributed by atoms with Crippen molar-refractivity contribution in [1.29, 1.82) is 0 Å². The summed E-state index contributed by atoms with van der Waals surface area (Å²) in [6, 6.07) is 10.2. The molecule has 144 valence electrons. The number of halogens is 2. The first kappa shape index (κ1) is 20.4. The predicted molar refractivity (Wildman–Crippen MR) is 95.3 cm³/mol. The monoisotopic (exact) mass is 377 g/mol. The Hall–Kier alpha value is -2.96. The molecule has 0 aliphatic carbocycles. The van der Waals surface area contributed by atoms with E-state index in [1.54, 1.807) is 24.3 Å². The molecule has 0 aliphatic rings. The lowest BCUT2D eigenvalue weighted by Gasteiger charge is -2.08. The van der Waals surface area contributed by atoms with Crippen LogP contribution in [0.15, 0.2) is 42.5 Å². The molecule has 2 aromatic carbocycles. The molecule has 1 amide bonds. The Kier molecular flexibility index (Phi) is 7.73. The first-order chi connectivity index (χ1) is 12.9. The van der Waals surface area contributed by atoms with Crippen molar-refractivity contribution in [1.82, 2.24) is 5.32 Å². The number of aryl methyl sites for hydroxylation is 1. The molecule has 27 heavy (non-hydrogen) atoms. The number of carbonyl (C=O) groups is 2. The summed E-state index contributed by atoms with van der Waals surface area (Å²) in [4.78, 5) is 22.3. The third-order valence-electron chi connectivity index (χ3n) is 3.85. The molecule has 0 heterocycles. The number of hydrogen-bond acceptors (Lipinski definition) is 3. The Morgan fingerprint density at radius 3 is 2.48 bits per heavy atom. The van der Waals surface area contributed by atoms with E-state index in [0.29, 0.717) is 25.3 Å². The highest BCUT2D eigenvalue weighted by Crippen LogP contribution is 2.14. The van der Waals surface area contributed by atoms with Crippen molar-refractivity contribution in [2.45, 2.75) is 32.2 Å². The van der Waals surface area contributed by atoms with E-state index in [1.165, 1.54) is 0 Å². The molecule has 0 unspecified atom stereocenters. The second-order valence-corrected chi connectivity index (χ2v) is 6.00. The van der Waals surface area contributed by atoms with E-state index < -0.39 is 17.6 Å². The lowest BCUT2D eigenvalue weighted by Crippen LogP contribution is -2.23. The zero-order valence-electron chi connectivity index (χ0n) is 14.7. The largest absolute Gasteiger partial charge is 0.494 e. The van der Waals surface area contributed by atoms with Crippen LogP contribution in [0.1, 0.15) is 30.4 Å². The van der Waals surface area contributed by atoms with Crippen molar-refractivity contribution in [3.63, 3.8) is 0 Å². The summed E-state index contributed by atoms with van der Waals surface area (Å²) in [5, 5.41) is 11.3. The molecule has 0 saturated carbocycles. The number of nitrogens with one attached hydrogen (secondary N) is 1. The van der Waals surface area contributed by atoms with Crippen molar-refractivity contribution < 1.29 is 28.2 Å².